The number of amides is 1. The monoisotopic (exact) mass is 540 g/mol. The molecule has 2 heterocycles. The molecule has 0 saturated heterocycles. The van der Waals surface area contributed by atoms with Crippen LogP contribution in [0.25, 0.3) is 11.3 Å². The molecule has 3 N–H and O–H groups in total. The number of thioether (sulfide) groups is 1. The van der Waals surface area contributed by atoms with Crippen molar-refractivity contribution in [2.24, 2.45) is 0 Å². The number of aromatic nitrogens is 5. The molecule has 15 heteroatoms. The van der Waals surface area contributed by atoms with Crippen LogP contribution in [0.15, 0.2) is 34.3 Å². The van der Waals surface area contributed by atoms with E-state index in [1.54, 1.807) is 12.5 Å². The standard InChI is InChI=1S/C21H26F2N6O5SSi/c1-35-21-25-18(31)16(19(32)26-21)17(30)24-13-6-5-12(9-15(13)34-20(22)23)14-10-29(28-27-14)11-33-7-8-36(2,3)4/h5-6,9-10,20H,7-8,11H2,1-4H3,(H,24,30)(H2,25,26,31,32). The molecule has 1 amide bonds. The van der Waals surface area contributed by atoms with Crippen LogP contribution in [-0.2, 0) is 11.5 Å². The van der Waals surface area contributed by atoms with E-state index in [1.807, 2.05) is 0 Å². The van der Waals surface area contributed by atoms with Crippen LogP contribution in [0, 0.1) is 0 Å². The van der Waals surface area contributed by atoms with Gasteiger partial charge in [-0.3, -0.25) is 9.59 Å². The van der Waals surface area contributed by atoms with Crippen LogP contribution in [0.1, 0.15) is 10.4 Å². The van der Waals surface area contributed by atoms with E-state index >= 15 is 0 Å². The predicted molar refractivity (Wildman–Crippen MR) is 132 cm³/mol. The number of halogens is 2. The molecule has 0 radical (unpaired) electrons. The Kier molecular flexibility index (Phi) is 8.81. The molecular weight excluding hydrogens is 514 g/mol. The third-order valence-electron chi connectivity index (χ3n) is 4.80. The van der Waals surface area contributed by atoms with E-state index in [0.29, 0.717) is 17.9 Å². The quantitative estimate of drug-likeness (QED) is 0.144. The number of H-pyrrole nitrogens is 1. The average molecular weight is 541 g/mol. The van der Waals surface area contributed by atoms with Crippen LogP contribution >= 0.6 is 11.8 Å². The van der Waals surface area contributed by atoms with Gasteiger partial charge in [-0.25, -0.2) is 4.68 Å². The number of nitrogens with one attached hydrogen (secondary N) is 2. The van der Waals surface area contributed by atoms with E-state index in [-0.39, 0.29) is 23.3 Å². The van der Waals surface area contributed by atoms with E-state index < -0.39 is 37.6 Å². The number of benzene rings is 1. The lowest BCUT2D eigenvalue weighted by Crippen LogP contribution is -2.24. The molecule has 0 unspecified atom stereocenters. The fourth-order valence-corrected chi connectivity index (χ4v) is 4.07. The summed E-state index contributed by atoms with van der Waals surface area (Å²) in [5, 5.41) is 20.4. The minimum Gasteiger partial charge on any atom is -0.493 e. The van der Waals surface area contributed by atoms with Gasteiger partial charge < -0.3 is 24.9 Å². The Morgan fingerprint density at radius 1 is 1.33 bits per heavy atom. The second-order valence-corrected chi connectivity index (χ2v) is 15.2. The molecule has 194 valence electrons. The summed E-state index contributed by atoms with van der Waals surface area (Å²) in [6.45, 7) is 4.33. The van der Waals surface area contributed by atoms with Gasteiger partial charge >= 0.3 is 6.61 Å². The number of hydrogen-bond donors (Lipinski definition) is 3. The first-order valence-electron chi connectivity index (χ1n) is 10.7. The molecule has 3 aromatic rings. The highest BCUT2D eigenvalue weighted by molar-refractivity contribution is 7.98. The van der Waals surface area contributed by atoms with E-state index in [9.17, 15) is 23.5 Å². The zero-order valence-electron chi connectivity index (χ0n) is 20.0. The maximum Gasteiger partial charge on any atom is 0.387 e. The molecule has 0 spiro atoms. The Hall–Kier alpha value is -3.30. The molecule has 1 aromatic carbocycles. The van der Waals surface area contributed by atoms with E-state index in [1.165, 1.54) is 22.9 Å². The average Bonchev–Trinajstić information content (AvgIpc) is 3.25. The van der Waals surface area contributed by atoms with Crippen molar-refractivity contribution in [3.05, 3.63) is 40.3 Å². The number of carbonyl (C=O) groups is 1. The molecule has 36 heavy (non-hydrogen) atoms. The van der Waals surface area contributed by atoms with E-state index in [2.05, 4.69) is 50.0 Å². The first-order valence-corrected chi connectivity index (χ1v) is 15.7. The number of anilines is 1. The molecule has 0 saturated carbocycles. The highest BCUT2D eigenvalue weighted by atomic mass is 32.2. The summed E-state index contributed by atoms with van der Waals surface area (Å²) >= 11 is 1.06. The van der Waals surface area contributed by atoms with Crippen molar-refractivity contribution in [1.29, 1.82) is 0 Å². The van der Waals surface area contributed by atoms with Crippen molar-refractivity contribution in [3.63, 3.8) is 0 Å². The molecule has 2 aromatic heterocycles. The smallest absolute Gasteiger partial charge is 0.387 e. The zero-order valence-corrected chi connectivity index (χ0v) is 21.9. The molecule has 0 bridgehead atoms. The highest BCUT2D eigenvalue weighted by Crippen LogP contribution is 2.32. The van der Waals surface area contributed by atoms with Gasteiger partial charge in [-0.15, -0.1) is 5.10 Å². The second-order valence-electron chi connectivity index (χ2n) is 8.81. The summed E-state index contributed by atoms with van der Waals surface area (Å²) < 4.78 is 37.8. The summed E-state index contributed by atoms with van der Waals surface area (Å²) in [5.74, 6) is -2.22. The normalized spacial score (nSPS) is 11.6. The molecule has 0 aliphatic carbocycles. The van der Waals surface area contributed by atoms with Crippen molar-refractivity contribution in [2.45, 2.75) is 44.2 Å². The molecule has 0 aliphatic heterocycles. The lowest BCUT2D eigenvalue weighted by Gasteiger charge is -2.15. The van der Waals surface area contributed by atoms with Crippen LogP contribution in [0.3, 0.4) is 0 Å². The second kappa shape index (κ2) is 11.6. The van der Waals surface area contributed by atoms with Crippen LogP contribution in [0.4, 0.5) is 14.5 Å². The van der Waals surface area contributed by atoms with E-state index in [4.69, 9.17) is 4.74 Å². The first-order chi connectivity index (χ1) is 17.0. The Balaban J connectivity index is 1.79. The van der Waals surface area contributed by atoms with Crippen molar-refractivity contribution in [2.75, 3.05) is 18.2 Å². The number of ether oxygens (including phenoxy) is 2. The number of aromatic hydroxyl groups is 1. The Bertz CT molecular complexity index is 1280. The van der Waals surface area contributed by atoms with Gasteiger partial charge in [0.1, 0.15) is 18.2 Å². The van der Waals surface area contributed by atoms with Crippen LogP contribution in [0.2, 0.25) is 25.7 Å². The highest BCUT2D eigenvalue weighted by Gasteiger charge is 2.22. The fourth-order valence-electron chi connectivity index (χ4n) is 2.94. The summed E-state index contributed by atoms with van der Waals surface area (Å²) in [5.41, 5.74) is -0.952. The number of nitrogens with zero attached hydrogens (tertiary/aromatic N) is 4. The van der Waals surface area contributed by atoms with Gasteiger partial charge in [-0.2, -0.15) is 13.8 Å². The summed E-state index contributed by atoms with van der Waals surface area (Å²) in [6, 6.07) is 5.07. The Labute approximate surface area is 210 Å². The summed E-state index contributed by atoms with van der Waals surface area (Å²) in [7, 11) is -1.23. The SMILES string of the molecule is CSc1nc(O)c(C(=O)Nc2ccc(-c3cn(COCC[Si](C)(C)C)nn3)cc2OC(F)F)c(=O)[nH]1. The summed E-state index contributed by atoms with van der Waals surface area (Å²) in [4.78, 5) is 30.9. The molecule has 0 fully saturated rings. The predicted octanol–water partition coefficient (Wildman–Crippen LogP) is 3.62. The van der Waals surface area contributed by atoms with Crippen molar-refractivity contribution in [3.8, 4) is 22.9 Å². The lowest BCUT2D eigenvalue weighted by atomic mass is 10.1. The minimum absolute atomic E-state index is 0.106. The van der Waals surface area contributed by atoms with Gasteiger partial charge in [0.2, 0.25) is 5.88 Å². The topological polar surface area (TPSA) is 144 Å². The third-order valence-corrected chi connectivity index (χ3v) is 7.08. The molecular formula is C21H26F2N6O5SSi. The van der Waals surface area contributed by atoms with Crippen molar-refractivity contribution < 1.29 is 28.2 Å². The number of alkyl halides is 2. The number of carbonyl (C=O) groups excluding carboxylic acids is 1. The van der Waals surface area contributed by atoms with E-state index in [0.717, 1.165) is 17.8 Å². The molecule has 3 rings (SSSR count). The Morgan fingerprint density at radius 3 is 2.72 bits per heavy atom. The minimum atomic E-state index is -3.19. The number of hydrogen-bond acceptors (Lipinski definition) is 9. The molecule has 0 atom stereocenters. The largest absolute Gasteiger partial charge is 0.493 e. The number of rotatable bonds is 11. The van der Waals surface area contributed by atoms with Gasteiger partial charge in [0.15, 0.2) is 10.7 Å². The van der Waals surface area contributed by atoms with Gasteiger partial charge in [0.05, 0.1) is 11.9 Å². The van der Waals surface area contributed by atoms with Crippen LogP contribution in [0.5, 0.6) is 11.6 Å². The number of aromatic amines is 1. The van der Waals surface area contributed by atoms with Crippen LogP contribution in [-0.4, -0.2) is 63.5 Å². The van der Waals surface area contributed by atoms with Gasteiger partial charge in [-0.1, -0.05) is 42.7 Å². The maximum absolute atomic E-state index is 13.1. The summed E-state index contributed by atoms with van der Waals surface area (Å²) in [6.07, 6.45) is 3.21. The third kappa shape index (κ3) is 7.35. The van der Waals surface area contributed by atoms with Crippen LogP contribution < -0.4 is 15.6 Å². The van der Waals surface area contributed by atoms with Gasteiger partial charge in [0.25, 0.3) is 11.5 Å². The fraction of sp³-hybridized carbons (Fsp3) is 0.381. The zero-order chi connectivity index (χ0) is 26.5. The van der Waals surface area contributed by atoms with Gasteiger partial charge in [-0.05, 0) is 24.4 Å². The van der Waals surface area contributed by atoms with Crippen molar-refractivity contribution >= 4 is 31.4 Å². The molecule has 0 aliphatic rings. The Morgan fingerprint density at radius 2 is 2.08 bits per heavy atom. The maximum atomic E-state index is 13.1. The van der Waals surface area contributed by atoms with Crippen molar-refractivity contribution in [1.82, 2.24) is 25.0 Å². The van der Waals surface area contributed by atoms with Gasteiger partial charge in [0, 0.05) is 20.2 Å². The lowest BCUT2D eigenvalue weighted by molar-refractivity contribution is -0.0493. The first kappa shape index (κ1) is 27.3. The molecule has 11 nitrogen and oxygen atoms in total.